The van der Waals surface area contributed by atoms with Gasteiger partial charge in [0.25, 0.3) is 0 Å². The Kier molecular flexibility index (Phi) is 6.35. The summed E-state index contributed by atoms with van der Waals surface area (Å²) in [5, 5.41) is 12.4. The van der Waals surface area contributed by atoms with Crippen LogP contribution in [0.4, 0.5) is 4.39 Å². The number of nitro groups is 1. The van der Waals surface area contributed by atoms with E-state index in [4.69, 9.17) is 9.47 Å². The van der Waals surface area contributed by atoms with Crippen LogP contribution in [0.15, 0.2) is 72.9 Å². The number of para-hydroxylation sites is 1. The molecule has 32 heavy (non-hydrogen) atoms. The second kappa shape index (κ2) is 9.51. The summed E-state index contributed by atoms with van der Waals surface area (Å²) in [6.45, 7) is 2.19. The number of aromatic nitrogens is 1. The van der Waals surface area contributed by atoms with Gasteiger partial charge in [-0.15, -0.1) is 0 Å². The van der Waals surface area contributed by atoms with Crippen molar-refractivity contribution in [3.63, 3.8) is 0 Å². The monoisotopic (exact) mass is 434 g/mol. The molecule has 0 aliphatic heterocycles. The molecule has 0 unspecified atom stereocenters. The van der Waals surface area contributed by atoms with Gasteiger partial charge in [-0.25, -0.2) is 4.39 Å². The molecule has 0 radical (unpaired) electrons. The Labute approximate surface area is 184 Å². The van der Waals surface area contributed by atoms with E-state index in [-0.39, 0.29) is 23.9 Å². The molecular weight excluding hydrogens is 411 g/mol. The van der Waals surface area contributed by atoms with E-state index in [1.54, 1.807) is 24.3 Å². The van der Waals surface area contributed by atoms with Gasteiger partial charge in [-0.1, -0.05) is 36.4 Å². The lowest BCUT2D eigenvalue weighted by atomic mass is 9.90. The molecule has 1 atom stereocenters. The van der Waals surface area contributed by atoms with Crippen molar-refractivity contribution >= 4 is 10.9 Å². The van der Waals surface area contributed by atoms with Crippen LogP contribution in [0.25, 0.3) is 10.9 Å². The average molecular weight is 434 g/mol. The van der Waals surface area contributed by atoms with E-state index in [2.05, 4.69) is 4.98 Å². The lowest BCUT2D eigenvalue weighted by molar-refractivity contribution is -0.481. The molecule has 0 aliphatic carbocycles. The van der Waals surface area contributed by atoms with Crippen LogP contribution in [0, 0.1) is 15.9 Å². The van der Waals surface area contributed by atoms with Crippen LogP contribution in [0.5, 0.6) is 11.5 Å². The molecule has 7 heteroatoms. The average Bonchev–Trinajstić information content (AvgIpc) is 3.21. The Balaban J connectivity index is 1.67. The van der Waals surface area contributed by atoms with Crippen molar-refractivity contribution in [2.75, 3.05) is 13.2 Å². The van der Waals surface area contributed by atoms with E-state index in [9.17, 15) is 14.5 Å². The lowest BCUT2D eigenvalue weighted by Gasteiger charge is -2.17. The maximum Gasteiger partial charge on any atom is 0.214 e. The quantitative estimate of drug-likeness (QED) is 0.271. The highest BCUT2D eigenvalue weighted by atomic mass is 19.1. The first kappa shape index (κ1) is 21.4. The van der Waals surface area contributed by atoms with E-state index < -0.39 is 5.92 Å². The van der Waals surface area contributed by atoms with Crippen LogP contribution in [0.3, 0.4) is 0 Å². The van der Waals surface area contributed by atoms with E-state index >= 15 is 0 Å². The van der Waals surface area contributed by atoms with E-state index in [0.29, 0.717) is 23.7 Å². The zero-order valence-corrected chi connectivity index (χ0v) is 17.6. The number of aromatic amines is 1. The van der Waals surface area contributed by atoms with E-state index in [0.717, 1.165) is 22.0 Å². The topological polar surface area (TPSA) is 77.4 Å². The summed E-state index contributed by atoms with van der Waals surface area (Å²) < 4.78 is 25.1. The molecule has 4 rings (SSSR count). The number of halogens is 1. The highest BCUT2D eigenvalue weighted by molar-refractivity contribution is 5.84. The highest BCUT2D eigenvalue weighted by Crippen LogP contribution is 2.36. The minimum atomic E-state index is -0.461. The zero-order chi connectivity index (χ0) is 22.5. The van der Waals surface area contributed by atoms with E-state index in [1.165, 1.54) is 12.1 Å². The van der Waals surface area contributed by atoms with Gasteiger partial charge < -0.3 is 14.5 Å². The normalized spacial score (nSPS) is 11.9. The molecule has 0 fully saturated rings. The summed E-state index contributed by atoms with van der Waals surface area (Å²) in [6.07, 6.45) is 1.83. The Morgan fingerprint density at radius 1 is 1.03 bits per heavy atom. The van der Waals surface area contributed by atoms with Crippen molar-refractivity contribution in [3.8, 4) is 11.5 Å². The van der Waals surface area contributed by atoms with Gasteiger partial charge in [0, 0.05) is 22.0 Å². The van der Waals surface area contributed by atoms with Crippen molar-refractivity contribution in [1.29, 1.82) is 0 Å². The summed E-state index contributed by atoms with van der Waals surface area (Å²) in [6, 6.07) is 19.3. The third-order valence-corrected chi connectivity index (χ3v) is 5.28. The molecule has 1 aromatic heterocycles. The molecule has 0 spiro atoms. The molecule has 1 N–H and O–H groups in total. The Bertz CT molecular complexity index is 1240. The minimum Gasteiger partial charge on any atom is -0.490 e. The van der Waals surface area contributed by atoms with Gasteiger partial charge in [0.1, 0.15) is 12.4 Å². The van der Waals surface area contributed by atoms with Crippen LogP contribution in [0.1, 0.15) is 29.5 Å². The van der Waals surface area contributed by atoms with Crippen LogP contribution in [-0.4, -0.2) is 23.1 Å². The molecule has 3 aromatic carbocycles. The Hall–Kier alpha value is -3.87. The summed E-state index contributed by atoms with van der Waals surface area (Å²) in [4.78, 5) is 14.4. The van der Waals surface area contributed by atoms with Gasteiger partial charge >= 0.3 is 0 Å². The number of nitrogens with one attached hydrogen (secondary N) is 1. The van der Waals surface area contributed by atoms with Crippen molar-refractivity contribution in [3.05, 3.63) is 106 Å². The lowest BCUT2D eigenvalue weighted by Crippen LogP contribution is -2.14. The van der Waals surface area contributed by atoms with Gasteiger partial charge in [-0.05, 0) is 53.9 Å². The van der Waals surface area contributed by atoms with Crippen molar-refractivity contribution in [1.82, 2.24) is 4.98 Å². The minimum absolute atomic E-state index is 0.179. The zero-order valence-electron chi connectivity index (χ0n) is 17.6. The number of benzene rings is 3. The number of H-pyrrole nitrogens is 1. The molecular formula is C25H23FN2O4. The first-order chi connectivity index (χ1) is 15.5. The van der Waals surface area contributed by atoms with Crippen molar-refractivity contribution in [2.45, 2.75) is 19.4 Å². The number of rotatable bonds is 9. The number of hydrogen-bond acceptors (Lipinski definition) is 4. The van der Waals surface area contributed by atoms with E-state index in [1.807, 2.05) is 43.5 Å². The molecule has 0 bridgehead atoms. The second-order valence-electron chi connectivity index (χ2n) is 7.42. The fourth-order valence-electron chi connectivity index (χ4n) is 3.83. The maximum atomic E-state index is 13.4. The highest BCUT2D eigenvalue weighted by Gasteiger charge is 2.24. The number of fused-ring (bicyclic) bond motifs is 1. The van der Waals surface area contributed by atoms with Crippen molar-refractivity contribution < 1.29 is 18.8 Å². The fraction of sp³-hybridized carbons (Fsp3) is 0.200. The van der Waals surface area contributed by atoms with Gasteiger partial charge in [0.05, 0.1) is 12.5 Å². The number of hydrogen-bond donors (Lipinski definition) is 1. The van der Waals surface area contributed by atoms with Crippen LogP contribution >= 0.6 is 0 Å². The largest absolute Gasteiger partial charge is 0.490 e. The standard InChI is InChI=1S/C25H23FN2O4/c1-2-31-25-13-18(10-11-24(25)32-16-17-6-5-7-19(26)12-17)22(15-28(29)30)21-14-27-23-9-4-3-8-20(21)23/h3-14,22,27H,2,15-16H2,1H3/t22-/m0/s1. The maximum absolute atomic E-state index is 13.4. The molecule has 0 aliphatic rings. The third kappa shape index (κ3) is 4.72. The second-order valence-corrected chi connectivity index (χ2v) is 7.42. The van der Waals surface area contributed by atoms with Gasteiger partial charge in [0.15, 0.2) is 11.5 Å². The fourth-order valence-corrected chi connectivity index (χ4v) is 3.83. The summed E-state index contributed by atoms with van der Waals surface area (Å²) in [5.74, 6) is 0.207. The SMILES string of the molecule is CCOc1cc([C@H](C[N+](=O)[O-])c2c[nH]c3ccccc23)ccc1OCc1cccc(F)c1. The first-order valence-corrected chi connectivity index (χ1v) is 10.4. The number of ether oxygens (including phenoxy) is 2. The molecule has 4 aromatic rings. The molecule has 164 valence electrons. The van der Waals surface area contributed by atoms with Crippen molar-refractivity contribution in [2.24, 2.45) is 0 Å². The van der Waals surface area contributed by atoms with Gasteiger partial charge in [-0.2, -0.15) is 0 Å². The summed E-state index contributed by atoms with van der Waals surface area (Å²) in [5.41, 5.74) is 3.23. The smallest absolute Gasteiger partial charge is 0.214 e. The summed E-state index contributed by atoms with van der Waals surface area (Å²) >= 11 is 0. The predicted molar refractivity (Wildman–Crippen MR) is 120 cm³/mol. The van der Waals surface area contributed by atoms with Crippen LogP contribution < -0.4 is 9.47 Å². The molecule has 0 saturated carbocycles. The Morgan fingerprint density at radius 3 is 2.66 bits per heavy atom. The van der Waals surface area contributed by atoms with Gasteiger partial charge in [-0.3, -0.25) is 10.1 Å². The molecule has 1 heterocycles. The molecule has 0 amide bonds. The van der Waals surface area contributed by atoms with Gasteiger partial charge in [0.2, 0.25) is 6.54 Å². The first-order valence-electron chi connectivity index (χ1n) is 10.4. The van der Waals surface area contributed by atoms with Crippen LogP contribution in [0.2, 0.25) is 0 Å². The summed E-state index contributed by atoms with van der Waals surface area (Å²) in [7, 11) is 0. The predicted octanol–water partition coefficient (Wildman–Crippen LogP) is 5.69. The van der Waals surface area contributed by atoms with Crippen LogP contribution in [-0.2, 0) is 6.61 Å². The molecule has 0 saturated heterocycles. The Morgan fingerprint density at radius 2 is 1.88 bits per heavy atom. The number of nitrogens with zero attached hydrogens (tertiary/aromatic N) is 1. The third-order valence-electron chi connectivity index (χ3n) is 5.28. The molecule has 6 nitrogen and oxygen atoms in total.